The summed E-state index contributed by atoms with van der Waals surface area (Å²) in [7, 11) is 1.92. The molecule has 0 bridgehead atoms. The van der Waals surface area contributed by atoms with Gasteiger partial charge in [0.05, 0.1) is 11.7 Å². The summed E-state index contributed by atoms with van der Waals surface area (Å²) in [5.74, 6) is 1.18. The largest absolute Gasteiger partial charge is 0.573 e. The number of benzene rings is 2. The third-order valence-electron chi connectivity index (χ3n) is 5.76. The molecule has 5 rings (SSSR count). The molecule has 0 unspecified atom stereocenters. The number of thiophene rings is 1. The maximum absolute atomic E-state index is 12.4. The SMILES string of the molecule is Cc1cc2c(NCCCc3ccc(-c4ccc(OC(F)(F)F)cc4)cc3)nc(-c3cn(C)cn3)nc2s1. The molecule has 3 aromatic heterocycles. The normalized spacial score (nSPS) is 11.7. The van der Waals surface area contributed by atoms with Crippen LogP contribution in [0.4, 0.5) is 19.0 Å². The molecule has 190 valence electrons. The highest BCUT2D eigenvalue weighted by Crippen LogP contribution is 2.31. The molecule has 6 nitrogen and oxygen atoms in total. The van der Waals surface area contributed by atoms with Crippen molar-refractivity contribution in [3.8, 4) is 28.4 Å². The Morgan fingerprint density at radius 2 is 1.70 bits per heavy atom. The van der Waals surface area contributed by atoms with E-state index in [9.17, 15) is 13.2 Å². The Labute approximate surface area is 215 Å². The molecule has 0 atom stereocenters. The van der Waals surface area contributed by atoms with Gasteiger partial charge in [0.25, 0.3) is 0 Å². The van der Waals surface area contributed by atoms with Crippen molar-refractivity contribution in [2.24, 2.45) is 7.05 Å². The number of rotatable bonds is 8. The zero-order valence-corrected chi connectivity index (χ0v) is 21.0. The number of ether oxygens (including phenoxy) is 1. The average Bonchev–Trinajstić information content (AvgIpc) is 3.46. The lowest BCUT2D eigenvalue weighted by atomic mass is 10.0. The molecule has 0 saturated heterocycles. The Balaban J connectivity index is 1.20. The van der Waals surface area contributed by atoms with Gasteiger partial charge in [0, 0.05) is 24.7 Å². The van der Waals surface area contributed by atoms with E-state index in [4.69, 9.17) is 9.97 Å². The monoisotopic (exact) mass is 523 g/mol. The van der Waals surface area contributed by atoms with Crippen LogP contribution in [0.2, 0.25) is 0 Å². The third-order valence-corrected chi connectivity index (χ3v) is 6.70. The predicted molar refractivity (Wildman–Crippen MR) is 140 cm³/mol. The van der Waals surface area contributed by atoms with Gasteiger partial charge in [0.2, 0.25) is 0 Å². The zero-order chi connectivity index (χ0) is 26.0. The molecule has 5 aromatic rings. The fourth-order valence-electron chi connectivity index (χ4n) is 4.03. The standard InChI is InChI=1S/C27H24F3N5OS/c1-17-14-22-24(33-25(34-26(22)37-17)23-15-35(2)16-32-23)31-13-3-4-18-5-7-19(8-6-18)20-9-11-21(12-10-20)36-27(28,29)30/h5-12,14-16H,3-4,13H2,1-2H3,(H,31,33,34). The van der Waals surface area contributed by atoms with Crippen molar-refractivity contribution in [2.45, 2.75) is 26.1 Å². The van der Waals surface area contributed by atoms with Crippen molar-refractivity contribution >= 4 is 27.4 Å². The van der Waals surface area contributed by atoms with E-state index in [2.05, 4.69) is 28.0 Å². The first-order chi connectivity index (χ1) is 17.7. The topological polar surface area (TPSA) is 64.9 Å². The van der Waals surface area contributed by atoms with Crippen LogP contribution in [0.15, 0.2) is 67.1 Å². The highest BCUT2D eigenvalue weighted by atomic mass is 32.1. The lowest BCUT2D eigenvalue weighted by Crippen LogP contribution is -2.16. The molecule has 1 N–H and O–H groups in total. The molecule has 2 aromatic carbocycles. The van der Waals surface area contributed by atoms with E-state index >= 15 is 0 Å². The number of hydrogen-bond acceptors (Lipinski definition) is 6. The smallest absolute Gasteiger partial charge is 0.406 e. The van der Waals surface area contributed by atoms with Crippen LogP contribution in [0, 0.1) is 6.92 Å². The maximum atomic E-state index is 12.4. The number of nitrogens with one attached hydrogen (secondary N) is 1. The first-order valence-electron chi connectivity index (χ1n) is 11.7. The van der Waals surface area contributed by atoms with Gasteiger partial charge in [-0.25, -0.2) is 15.0 Å². The Morgan fingerprint density at radius 3 is 2.35 bits per heavy atom. The second-order valence-corrected chi connectivity index (χ2v) is 9.93. The lowest BCUT2D eigenvalue weighted by molar-refractivity contribution is -0.274. The quantitative estimate of drug-likeness (QED) is 0.222. The summed E-state index contributed by atoms with van der Waals surface area (Å²) in [6.45, 7) is 2.80. The summed E-state index contributed by atoms with van der Waals surface area (Å²) < 4.78 is 42.9. The Kier molecular flexibility index (Phi) is 6.84. The molecule has 3 heterocycles. The van der Waals surface area contributed by atoms with Crippen molar-refractivity contribution < 1.29 is 17.9 Å². The van der Waals surface area contributed by atoms with Crippen LogP contribution >= 0.6 is 11.3 Å². The highest BCUT2D eigenvalue weighted by molar-refractivity contribution is 7.18. The van der Waals surface area contributed by atoms with Crippen LogP contribution in [-0.4, -0.2) is 32.4 Å². The lowest BCUT2D eigenvalue weighted by Gasteiger charge is -2.10. The van der Waals surface area contributed by atoms with Gasteiger partial charge in [-0.1, -0.05) is 36.4 Å². The third kappa shape index (κ3) is 6.08. The molecule has 0 aliphatic carbocycles. The summed E-state index contributed by atoms with van der Waals surface area (Å²) in [6.07, 6.45) is 0.714. The van der Waals surface area contributed by atoms with E-state index in [1.54, 1.807) is 29.8 Å². The van der Waals surface area contributed by atoms with Gasteiger partial charge >= 0.3 is 6.36 Å². The van der Waals surface area contributed by atoms with Crippen molar-refractivity contribution in [1.29, 1.82) is 0 Å². The molecule has 0 fully saturated rings. The molecule has 0 radical (unpaired) electrons. The molecule has 0 spiro atoms. The van der Waals surface area contributed by atoms with Crippen LogP contribution < -0.4 is 10.1 Å². The Morgan fingerprint density at radius 1 is 1.00 bits per heavy atom. The predicted octanol–water partition coefficient (Wildman–Crippen LogP) is 7.01. The molecule has 0 saturated carbocycles. The van der Waals surface area contributed by atoms with Gasteiger partial charge in [-0.2, -0.15) is 0 Å². The zero-order valence-electron chi connectivity index (χ0n) is 20.2. The van der Waals surface area contributed by atoms with E-state index < -0.39 is 6.36 Å². The van der Waals surface area contributed by atoms with Crippen LogP contribution in [-0.2, 0) is 13.5 Å². The number of anilines is 1. The van der Waals surface area contributed by atoms with Crippen LogP contribution in [0.25, 0.3) is 32.9 Å². The summed E-state index contributed by atoms with van der Waals surface area (Å²) >= 11 is 1.64. The van der Waals surface area contributed by atoms with E-state index in [0.717, 1.165) is 52.2 Å². The molecular formula is C27H24F3N5OS. The Hall–Kier alpha value is -3.92. The summed E-state index contributed by atoms with van der Waals surface area (Å²) in [5.41, 5.74) is 3.67. The van der Waals surface area contributed by atoms with Gasteiger partial charge in [-0.3, -0.25) is 0 Å². The van der Waals surface area contributed by atoms with Crippen molar-refractivity contribution in [1.82, 2.24) is 19.5 Å². The van der Waals surface area contributed by atoms with Gasteiger partial charge < -0.3 is 14.6 Å². The van der Waals surface area contributed by atoms with Gasteiger partial charge in [0.1, 0.15) is 22.1 Å². The molecular weight excluding hydrogens is 499 g/mol. The number of alkyl halides is 3. The number of fused-ring (bicyclic) bond motifs is 1. The second-order valence-electron chi connectivity index (χ2n) is 8.70. The summed E-state index contributed by atoms with van der Waals surface area (Å²) in [5, 5.41) is 4.49. The highest BCUT2D eigenvalue weighted by Gasteiger charge is 2.30. The molecule has 0 aliphatic rings. The van der Waals surface area contributed by atoms with Gasteiger partial charge in [-0.15, -0.1) is 24.5 Å². The van der Waals surface area contributed by atoms with Crippen LogP contribution in [0.3, 0.4) is 0 Å². The molecule has 0 aliphatic heterocycles. The number of halogens is 3. The number of imidazole rings is 1. The van der Waals surface area contributed by atoms with E-state index in [1.807, 2.05) is 42.1 Å². The maximum Gasteiger partial charge on any atom is 0.573 e. The number of nitrogens with zero attached hydrogens (tertiary/aromatic N) is 4. The van der Waals surface area contributed by atoms with Gasteiger partial charge in [0.15, 0.2) is 5.82 Å². The molecule has 10 heteroatoms. The fourth-order valence-corrected chi connectivity index (χ4v) is 4.91. The molecule has 0 amide bonds. The number of aryl methyl sites for hydroxylation is 3. The average molecular weight is 524 g/mol. The van der Waals surface area contributed by atoms with Crippen molar-refractivity contribution in [2.75, 3.05) is 11.9 Å². The second kappa shape index (κ2) is 10.2. The van der Waals surface area contributed by atoms with Crippen LogP contribution in [0.1, 0.15) is 16.9 Å². The van der Waals surface area contributed by atoms with Crippen molar-refractivity contribution in [3.63, 3.8) is 0 Å². The number of aromatic nitrogens is 4. The minimum Gasteiger partial charge on any atom is -0.406 e. The van der Waals surface area contributed by atoms with Gasteiger partial charge in [-0.05, 0) is 54.7 Å². The fraction of sp³-hybridized carbons (Fsp3) is 0.222. The summed E-state index contributed by atoms with van der Waals surface area (Å²) in [4.78, 5) is 16.0. The van der Waals surface area contributed by atoms with E-state index in [0.29, 0.717) is 5.82 Å². The number of hydrogen-bond donors (Lipinski definition) is 1. The first-order valence-corrected chi connectivity index (χ1v) is 12.5. The Bertz CT molecular complexity index is 1510. The minimum atomic E-state index is -4.69. The van der Waals surface area contributed by atoms with E-state index in [1.165, 1.54) is 22.6 Å². The first kappa shape index (κ1) is 24.8. The van der Waals surface area contributed by atoms with Crippen molar-refractivity contribution in [3.05, 3.63) is 77.6 Å². The minimum absolute atomic E-state index is 0.230. The summed E-state index contributed by atoms with van der Waals surface area (Å²) in [6, 6.07) is 16.0. The molecule has 37 heavy (non-hydrogen) atoms. The van der Waals surface area contributed by atoms with Crippen LogP contribution in [0.5, 0.6) is 5.75 Å². The van der Waals surface area contributed by atoms with E-state index in [-0.39, 0.29) is 5.75 Å².